The lowest BCUT2D eigenvalue weighted by molar-refractivity contribution is -0.144. The van der Waals surface area contributed by atoms with Crippen LogP contribution in [-0.4, -0.2) is 288 Å². The Balaban J connectivity index is 0.000000956. The van der Waals surface area contributed by atoms with Crippen molar-refractivity contribution in [3.63, 3.8) is 0 Å². The number of nitrogens with zero attached hydrogens (tertiary/aromatic N) is 1. The minimum Gasteiger partial charge on any atom is -0.494 e. The van der Waals surface area contributed by atoms with Crippen molar-refractivity contribution in [3.05, 3.63) is 77.9 Å². The van der Waals surface area contributed by atoms with Gasteiger partial charge in [0.05, 0.1) is 121 Å². The summed E-state index contributed by atoms with van der Waals surface area (Å²) in [6.45, 7) is 9.09. The third kappa shape index (κ3) is 67.2. The zero-order valence-electron chi connectivity index (χ0n) is 77.5. The molecule has 0 radical (unpaired) electrons. The fraction of sp³-hybridized carbons (Fsp3) is 0.681. The number of aliphatic carboxylic acids is 3. The molecule has 132 heavy (non-hydrogen) atoms. The number of aromatic nitrogens is 2. The van der Waals surface area contributed by atoms with Gasteiger partial charge in [0.25, 0.3) is 0 Å². The van der Waals surface area contributed by atoms with Gasteiger partial charge in [-0.05, 0) is 138 Å². The first-order chi connectivity index (χ1) is 63.8. The number of imidazole rings is 1. The van der Waals surface area contributed by atoms with Gasteiger partial charge < -0.3 is 110 Å². The van der Waals surface area contributed by atoms with E-state index in [9.17, 15) is 87.2 Å². The maximum Gasteiger partial charge on any atom is 0.335 e. The first kappa shape index (κ1) is 118. The van der Waals surface area contributed by atoms with Crippen LogP contribution in [0.3, 0.4) is 0 Å². The molecule has 0 aliphatic heterocycles. The molecule has 0 aliphatic rings. The van der Waals surface area contributed by atoms with E-state index in [1.54, 1.807) is 36.8 Å². The molecule has 0 unspecified atom stereocenters. The third-order valence-electron chi connectivity index (χ3n) is 20.6. The molecular formula is C94H148N8O30. The number of carboxylic acid groups (broad SMARTS) is 5. The first-order valence-electron chi connectivity index (χ1n) is 46.7. The van der Waals surface area contributed by atoms with Gasteiger partial charge in [-0.3, -0.25) is 57.5 Å². The number of rotatable bonds is 89. The number of hydrogen-bond donors (Lipinski definition) is 12. The third-order valence-corrected chi connectivity index (χ3v) is 20.6. The zero-order chi connectivity index (χ0) is 96.7. The Morgan fingerprint density at radius 2 is 0.795 bits per heavy atom. The summed E-state index contributed by atoms with van der Waals surface area (Å²) < 4.78 is 54.1. The van der Waals surface area contributed by atoms with Gasteiger partial charge >= 0.3 is 29.8 Å². The molecule has 744 valence electrons. The molecule has 38 nitrogen and oxygen atoms in total. The molecule has 3 rings (SSSR count). The lowest BCUT2D eigenvalue weighted by atomic mass is 9.93. The van der Waals surface area contributed by atoms with Crippen LogP contribution in [0.4, 0.5) is 0 Å². The predicted octanol–water partition coefficient (Wildman–Crippen LogP) is 9.17. The summed E-state index contributed by atoms with van der Waals surface area (Å²) in [6.07, 6.45) is 22.8. The Morgan fingerprint density at radius 1 is 0.341 bits per heavy atom. The molecule has 0 fully saturated rings. The number of aryl methyl sites for hydroxylation is 1. The quantitative estimate of drug-likeness (QED) is 0.0234. The van der Waals surface area contributed by atoms with E-state index in [0.717, 1.165) is 95.6 Å². The molecule has 3 aromatic rings. The van der Waals surface area contributed by atoms with E-state index in [1.165, 1.54) is 24.3 Å². The number of carbonyl (C=O) groups is 15. The van der Waals surface area contributed by atoms with Gasteiger partial charge in [-0.1, -0.05) is 90.9 Å². The van der Waals surface area contributed by atoms with E-state index < -0.39 is 53.8 Å². The number of nitrogens with one attached hydrogen (secondary N) is 7. The average molecular weight is 1870 g/mol. The fourth-order valence-corrected chi connectivity index (χ4v) is 13.0. The van der Waals surface area contributed by atoms with Gasteiger partial charge in [0, 0.05) is 109 Å². The van der Waals surface area contributed by atoms with Crippen LogP contribution in [0.15, 0.2) is 61.1 Å². The van der Waals surface area contributed by atoms with E-state index in [1.807, 2.05) is 13.8 Å². The number of amides is 5. The highest BCUT2D eigenvalue weighted by Crippen LogP contribution is 2.21. The highest BCUT2D eigenvalue weighted by molar-refractivity contribution is 5.89. The standard InChI is InChI=1S/C55H86N6O17.C39H62N2O13/c1-2-13-47(59-37-45(63)21-20-43-36-56-40-60-43)49(64)26-19-41(53(68)69)14-9-10-27-57-51(66)38-77-35-33-75-31-28-58-52(67)39-76-34-32-74-29-12-15-44(62)22-25-48(55(72)73)61-50(65)16-8-6-4-3-5-7-11-30-78-46-23-17-42(18-24-46)54(70)71;1-2-19-40-37(45)30-53-27-24-50-21-10-12-34(43)29-52-26-25-51-23-20-41-36(44)18-15-32(39(48)49)28-33(42)11-8-6-4-3-5-7-9-22-54-35-16-13-31(14-17-35)38(46)47/h17-18,23-24,36,40-41,47-48,59H,2-16,19-22,25-35,37-39H2,1H3,(H,56,60)(H,57,66)(H,58,67)(H,61,65)(H,68,69)(H,70,71)(H,72,73);13-14,16-17,32H,2-12,15,18-30H2,1H3,(H,40,45)(H,41,44)(H,46,47)(H,48,49)/t41-,47+,48+;32-/m11/s1. The largest absolute Gasteiger partial charge is 0.494 e. The van der Waals surface area contributed by atoms with Crippen molar-refractivity contribution in [3.8, 4) is 11.5 Å². The van der Waals surface area contributed by atoms with Crippen LogP contribution < -0.4 is 41.4 Å². The van der Waals surface area contributed by atoms with Crippen molar-refractivity contribution in [2.45, 2.75) is 251 Å². The van der Waals surface area contributed by atoms with Crippen molar-refractivity contribution in [1.82, 2.24) is 41.9 Å². The molecule has 0 saturated heterocycles. The van der Waals surface area contributed by atoms with Gasteiger partial charge in [0.2, 0.25) is 29.5 Å². The fourth-order valence-electron chi connectivity index (χ4n) is 13.0. The highest BCUT2D eigenvalue weighted by atomic mass is 16.5. The van der Waals surface area contributed by atoms with Crippen LogP contribution in [-0.2, 0) is 107 Å². The molecule has 1 aromatic heterocycles. The van der Waals surface area contributed by atoms with E-state index in [2.05, 4.69) is 41.9 Å². The zero-order valence-corrected chi connectivity index (χ0v) is 77.5. The molecular weight excluding hydrogens is 1720 g/mol. The molecule has 4 atom stereocenters. The highest BCUT2D eigenvalue weighted by Gasteiger charge is 2.26. The second kappa shape index (κ2) is 79.5. The van der Waals surface area contributed by atoms with Crippen LogP contribution >= 0.6 is 0 Å². The molecule has 0 aliphatic carbocycles. The number of carbonyl (C=O) groups excluding carboxylic acids is 10. The Morgan fingerprint density at radius 3 is 1.29 bits per heavy atom. The van der Waals surface area contributed by atoms with E-state index in [0.29, 0.717) is 135 Å². The summed E-state index contributed by atoms with van der Waals surface area (Å²) in [5.41, 5.74) is 1.29. The van der Waals surface area contributed by atoms with Crippen molar-refractivity contribution in [2.75, 3.05) is 152 Å². The molecule has 12 N–H and O–H groups in total. The number of hydrogen-bond acceptors (Lipinski definition) is 27. The molecule has 0 saturated carbocycles. The predicted molar refractivity (Wildman–Crippen MR) is 486 cm³/mol. The number of carboxylic acids is 5. The van der Waals surface area contributed by atoms with Gasteiger partial charge in [0.15, 0.2) is 5.78 Å². The van der Waals surface area contributed by atoms with Crippen LogP contribution in [0.2, 0.25) is 0 Å². The summed E-state index contributed by atoms with van der Waals surface area (Å²) in [6, 6.07) is 11.0. The number of benzene rings is 2. The summed E-state index contributed by atoms with van der Waals surface area (Å²) in [5.74, 6) is -7.45. The minimum absolute atomic E-state index is 0.000107. The monoisotopic (exact) mass is 1870 g/mol. The maximum atomic E-state index is 13.0. The number of aromatic amines is 1. The van der Waals surface area contributed by atoms with Gasteiger partial charge in [0.1, 0.15) is 67.1 Å². The molecule has 0 bridgehead atoms. The first-order valence-corrected chi connectivity index (χ1v) is 46.7. The molecule has 0 spiro atoms. The van der Waals surface area contributed by atoms with E-state index >= 15 is 0 Å². The van der Waals surface area contributed by atoms with Crippen molar-refractivity contribution < 1.29 is 145 Å². The van der Waals surface area contributed by atoms with Crippen LogP contribution in [0.1, 0.15) is 259 Å². The topological polar surface area (TPSA) is 550 Å². The Labute approximate surface area is 775 Å². The number of ether oxygens (including phenoxy) is 10. The summed E-state index contributed by atoms with van der Waals surface area (Å²) in [4.78, 5) is 186. The molecule has 5 amide bonds. The summed E-state index contributed by atoms with van der Waals surface area (Å²) in [5, 5.41) is 63.1. The lowest BCUT2D eigenvalue weighted by Crippen LogP contribution is -2.41. The Kier molecular flexibility index (Phi) is 71.1. The van der Waals surface area contributed by atoms with Gasteiger partial charge in [-0.15, -0.1) is 0 Å². The lowest BCUT2D eigenvalue weighted by Gasteiger charge is -2.18. The number of Topliss-reactive ketones (excluding diaryl/α,β-unsaturated/α-hetero) is 5. The molecule has 1 heterocycles. The van der Waals surface area contributed by atoms with Crippen LogP contribution in [0, 0.1) is 11.8 Å². The normalized spacial score (nSPS) is 12.0. The van der Waals surface area contributed by atoms with E-state index in [-0.39, 0.29) is 233 Å². The minimum atomic E-state index is -1.19. The maximum absolute atomic E-state index is 13.0. The number of unbranched alkanes of at least 4 members (excludes halogenated alkanes) is 13. The average Bonchev–Trinajstić information content (AvgIpc) is 1.50. The van der Waals surface area contributed by atoms with Gasteiger partial charge in [-0.2, -0.15) is 0 Å². The summed E-state index contributed by atoms with van der Waals surface area (Å²) in [7, 11) is 0. The molecule has 2 aromatic carbocycles. The SMILES string of the molecule is CCCNC(=O)COCCOCCCC(=O)COCCOCCNC(=O)CC[C@H](CC(=O)CCCCCCCCCOc1ccc(C(=O)O)cc1)C(=O)O.CCC[C@H](NCC(=O)CCc1cnc[nH]1)C(=O)CC[C@@H](CCCCNC(=O)COCCOCCNC(=O)COCCOCCCC(=O)CC[C@H](NC(=O)CCCCCCCCCOc1ccc(C(=O)O)cc1)C(=O)O)C(=O)O. The van der Waals surface area contributed by atoms with E-state index in [4.69, 9.17) is 57.6 Å². The molecule has 38 heteroatoms. The smallest absolute Gasteiger partial charge is 0.335 e. The summed E-state index contributed by atoms with van der Waals surface area (Å²) >= 11 is 0. The van der Waals surface area contributed by atoms with Gasteiger partial charge in [-0.25, -0.2) is 19.4 Å². The van der Waals surface area contributed by atoms with Crippen LogP contribution in [0.25, 0.3) is 0 Å². The number of H-pyrrole nitrogens is 1. The Bertz CT molecular complexity index is 3700. The second-order valence-corrected chi connectivity index (χ2v) is 31.8. The van der Waals surface area contributed by atoms with Crippen molar-refractivity contribution in [2.24, 2.45) is 11.8 Å². The second-order valence-electron chi connectivity index (χ2n) is 31.8. The Hall–Kier alpha value is -10.1. The number of ketones is 5. The van der Waals surface area contributed by atoms with Crippen molar-refractivity contribution >= 4 is 88.3 Å². The number of aromatic carboxylic acids is 2. The van der Waals surface area contributed by atoms with Crippen LogP contribution in [0.5, 0.6) is 11.5 Å². The van der Waals surface area contributed by atoms with Crippen molar-refractivity contribution in [1.29, 1.82) is 0 Å².